The second kappa shape index (κ2) is 31.4. The van der Waals surface area contributed by atoms with Crippen LogP contribution in [0, 0.1) is 5.92 Å². The Morgan fingerprint density at radius 3 is 1.66 bits per heavy atom. The molecule has 0 aliphatic heterocycles. The molecule has 1 aromatic carbocycles. The molecular weight excluding hydrogens is 977 g/mol. The number of para-hydroxylation sites is 1. The van der Waals surface area contributed by atoms with Crippen molar-refractivity contribution in [3.05, 3.63) is 36.0 Å². The van der Waals surface area contributed by atoms with Crippen LogP contribution in [-0.4, -0.2) is 178 Å². The van der Waals surface area contributed by atoms with Gasteiger partial charge in [0.05, 0.1) is 32.2 Å². The molecule has 30 nitrogen and oxygen atoms in total. The summed E-state index contributed by atoms with van der Waals surface area (Å²) in [5, 5.41) is 59.4. The molecule has 0 saturated heterocycles. The van der Waals surface area contributed by atoms with Gasteiger partial charge in [-0.1, -0.05) is 32.0 Å². The predicted octanol–water partition coefficient (Wildman–Crippen LogP) is -6.74. The van der Waals surface area contributed by atoms with Crippen molar-refractivity contribution in [1.29, 1.82) is 0 Å². The Bertz CT molecular complexity index is 2330. The number of guanidine groups is 2. The lowest BCUT2D eigenvalue weighted by molar-refractivity contribution is -0.142. The Morgan fingerprint density at radius 2 is 1.15 bits per heavy atom. The van der Waals surface area contributed by atoms with Crippen LogP contribution in [0.15, 0.2) is 40.4 Å². The van der Waals surface area contributed by atoms with E-state index in [9.17, 15) is 68.4 Å². The first kappa shape index (κ1) is 62.0. The number of rotatable bonds is 33. The topological polar surface area (TPSA) is 518 Å². The zero-order valence-corrected chi connectivity index (χ0v) is 41.2. The monoisotopic (exact) mass is 1050 g/mol. The molecule has 74 heavy (non-hydrogen) atoms. The van der Waals surface area contributed by atoms with Crippen molar-refractivity contribution >= 4 is 82.0 Å². The van der Waals surface area contributed by atoms with E-state index >= 15 is 0 Å². The van der Waals surface area contributed by atoms with Gasteiger partial charge in [-0.3, -0.25) is 53.1 Å². The quantitative estimate of drug-likeness (QED) is 0.0179. The molecule has 8 amide bonds. The van der Waals surface area contributed by atoms with Crippen LogP contribution in [0.5, 0.6) is 0 Å². The molecule has 0 aliphatic carbocycles. The molecule has 8 atom stereocenters. The second-order valence-corrected chi connectivity index (χ2v) is 17.3. The number of aromatic nitrogens is 1. The van der Waals surface area contributed by atoms with Crippen molar-refractivity contribution < 1.29 is 68.4 Å². The largest absolute Gasteiger partial charge is 0.481 e. The fourth-order valence-corrected chi connectivity index (χ4v) is 7.07. The maximum atomic E-state index is 13.6. The van der Waals surface area contributed by atoms with E-state index in [1.807, 2.05) is 0 Å². The molecule has 0 saturated carbocycles. The number of carbonyl (C=O) groups is 10. The highest BCUT2D eigenvalue weighted by molar-refractivity contribution is 5.98. The van der Waals surface area contributed by atoms with Crippen molar-refractivity contribution in [1.82, 2.24) is 47.5 Å². The minimum absolute atomic E-state index is 0.0369. The van der Waals surface area contributed by atoms with Gasteiger partial charge >= 0.3 is 11.9 Å². The fraction of sp³-hybridized carbons (Fsp3) is 0.545. The van der Waals surface area contributed by atoms with Crippen molar-refractivity contribution in [2.45, 2.75) is 114 Å². The summed E-state index contributed by atoms with van der Waals surface area (Å²) in [6.07, 6.45) is -1.19. The molecular formula is C44H70N16O14. The number of aliphatic hydroxyl groups is 2. The third-order valence-corrected chi connectivity index (χ3v) is 10.7. The first-order chi connectivity index (χ1) is 34.9. The number of carbonyl (C=O) groups excluding carboxylic acids is 8. The number of hydrogen-bond acceptors (Lipinski definition) is 15. The third kappa shape index (κ3) is 22.1. The minimum atomic E-state index is -1.94. The van der Waals surface area contributed by atoms with E-state index < -0.39 is 134 Å². The zero-order valence-electron chi connectivity index (χ0n) is 41.2. The molecule has 0 unspecified atom stereocenters. The summed E-state index contributed by atoms with van der Waals surface area (Å²) in [7, 11) is 0. The summed E-state index contributed by atoms with van der Waals surface area (Å²) in [6.45, 7) is 2.16. The maximum Gasteiger partial charge on any atom is 0.326 e. The molecule has 30 heteroatoms. The number of aliphatic imine (C=N–C) groups is 2. The summed E-state index contributed by atoms with van der Waals surface area (Å²) in [4.78, 5) is 141. The van der Waals surface area contributed by atoms with Gasteiger partial charge in [-0.05, 0) is 56.6 Å². The number of aromatic amines is 1. The molecule has 23 N–H and O–H groups in total. The Kier molecular flexibility index (Phi) is 26.3. The number of aliphatic carboxylic acids is 2. The molecule has 1 aromatic heterocycles. The highest BCUT2D eigenvalue weighted by atomic mass is 16.4. The molecule has 2 rings (SSSR count). The highest BCUT2D eigenvalue weighted by Gasteiger charge is 2.35. The van der Waals surface area contributed by atoms with E-state index in [2.05, 4.69) is 57.5 Å². The zero-order chi connectivity index (χ0) is 55.7. The van der Waals surface area contributed by atoms with Gasteiger partial charge in [-0.15, -0.1) is 0 Å². The van der Waals surface area contributed by atoms with Crippen molar-refractivity contribution in [3.8, 4) is 0 Å². The van der Waals surface area contributed by atoms with E-state index in [1.165, 1.54) is 0 Å². The number of amides is 8. The van der Waals surface area contributed by atoms with Crippen molar-refractivity contribution in [2.24, 2.45) is 44.6 Å². The molecule has 0 spiro atoms. The number of hydrogen-bond donors (Lipinski definition) is 18. The number of fused-ring (bicyclic) bond motifs is 1. The number of benzene rings is 1. The predicted molar refractivity (Wildman–Crippen MR) is 266 cm³/mol. The Hall–Kier alpha value is -8.12. The van der Waals surface area contributed by atoms with Crippen LogP contribution < -0.4 is 71.2 Å². The molecule has 0 radical (unpaired) electrons. The SMILES string of the molecule is CC(C)C[C@H](NC(=O)[C@H](CO)NC(=O)[C@@H](NC(=O)[C@H](CC(=O)O)NC(=O)[C@H](CCCN=C(N)N)NC(=O)CN)[C@@H](C)O)C(=O)NCC(=O)N[C@@H](CCCN=C(N)N)C(=O)N[C@@H](Cc1c[nH]c2ccccc12)C(=O)O. The summed E-state index contributed by atoms with van der Waals surface area (Å²) >= 11 is 0. The molecule has 0 bridgehead atoms. The number of nitrogens with one attached hydrogen (secondary N) is 9. The van der Waals surface area contributed by atoms with Crippen LogP contribution in [0.1, 0.15) is 64.9 Å². The van der Waals surface area contributed by atoms with E-state index in [-0.39, 0.29) is 69.5 Å². The molecule has 0 fully saturated rings. The van der Waals surface area contributed by atoms with Gasteiger partial charge < -0.3 is 96.6 Å². The first-order valence-electron chi connectivity index (χ1n) is 23.3. The highest BCUT2D eigenvalue weighted by Crippen LogP contribution is 2.19. The van der Waals surface area contributed by atoms with Crippen LogP contribution >= 0.6 is 0 Å². The van der Waals surface area contributed by atoms with Crippen LogP contribution in [0.2, 0.25) is 0 Å². The summed E-state index contributed by atoms with van der Waals surface area (Å²) < 4.78 is 0. The van der Waals surface area contributed by atoms with Crippen LogP contribution in [0.4, 0.5) is 0 Å². The van der Waals surface area contributed by atoms with Gasteiger partial charge in [-0.25, -0.2) is 4.79 Å². The standard InChI is InChI=1S/C44H70N16O14/c1-21(2)14-28(36(67)53-19-33(64)55-27(11-7-13-51-44(48)49)38(69)58-30(42(73)74)15-23-18-52-25-9-5-4-8-24(23)25)56-40(71)31(20-61)59-41(72)35(22(3)62)60-39(70)29(16-34(65)66)57-37(68)26(54-32(63)17-45)10-6-12-50-43(46)47/h4-5,8-9,18,21-22,26-31,35,52,61-62H,6-7,10-17,19-20,45H2,1-3H3,(H,53,67)(H,54,63)(H,55,64)(H,56,71)(H,57,68)(H,58,69)(H,59,72)(H,60,70)(H,65,66)(H,73,74)(H4,46,47,50)(H4,48,49,51)/t22-,26+,27+,28+,29+,30+,31+,35+/m1/s1. The summed E-state index contributed by atoms with van der Waals surface area (Å²) in [5.41, 5.74) is 28.2. The van der Waals surface area contributed by atoms with Gasteiger partial charge in [-0.2, -0.15) is 0 Å². The normalized spacial score (nSPS) is 14.2. The lowest BCUT2D eigenvalue weighted by atomic mass is 10.0. The lowest BCUT2D eigenvalue weighted by Crippen LogP contribution is -2.62. The molecule has 0 aliphatic rings. The van der Waals surface area contributed by atoms with Gasteiger partial charge in [0.2, 0.25) is 47.3 Å². The van der Waals surface area contributed by atoms with Gasteiger partial charge in [0.25, 0.3) is 0 Å². The van der Waals surface area contributed by atoms with Gasteiger partial charge in [0.1, 0.15) is 42.3 Å². The van der Waals surface area contributed by atoms with Crippen molar-refractivity contribution in [2.75, 3.05) is 32.8 Å². The van der Waals surface area contributed by atoms with Crippen LogP contribution in [0.3, 0.4) is 0 Å². The Balaban J connectivity index is 2.19. The van der Waals surface area contributed by atoms with E-state index in [4.69, 9.17) is 28.7 Å². The van der Waals surface area contributed by atoms with E-state index in [0.717, 1.165) is 17.8 Å². The number of H-pyrrole nitrogens is 1. The molecule has 1 heterocycles. The third-order valence-electron chi connectivity index (χ3n) is 10.7. The summed E-state index contributed by atoms with van der Waals surface area (Å²) in [5.74, 6) is -11.9. The first-order valence-corrected chi connectivity index (χ1v) is 23.3. The van der Waals surface area contributed by atoms with E-state index in [1.54, 1.807) is 44.3 Å². The number of nitrogens with two attached hydrogens (primary N) is 5. The smallest absolute Gasteiger partial charge is 0.326 e. The Labute approximate surface area is 424 Å². The second-order valence-electron chi connectivity index (χ2n) is 17.3. The number of nitrogens with zero attached hydrogens (tertiary/aromatic N) is 2. The lowest BCUT2D eigenvalue weighted by Gasteiger charge is -2.27. The average Bonchev–Trinajstić information content (AvgIpc) is 3.74. The Morgan fingerprint density at radius 1 is 0.635 bits per heavy atom. The average molecular weight is 1050 g/mol. The maximum absolute atomic E-state index is 13.6. The van der Waals surface area contributed by atoms with Crippen molar-refractivity contribution in [3.63, 3.8) is 0 Å². The fourth-order valence-electron chi connectivity index (χ4n) is 7.07. The van der Waals surface area contributed by atoms with Gasteiger partial charge in [0, 0.05) is 36.6 Å². The molecule has 2 aromatic rings. The number of carboxylic acids is 2. The van der Waals surface area contributed by atoms with Gasteiger partial charge in [0.15, 0.2) is 11.9 Å². The molecule has 410 valence electrons. The summed E-state index contributed by atoms with van der Waals surface area (Å²) in [6, 6.07) is -4.04. The van der Waals surface area contributed by atoms with E-state index in [0.29, 0.717) is 5.56 Å². The number of aliphatic hydroxyl groups excluding tert-OH is 2. The van der Waals surface area contributed by atoms with Crippen LogP contribution in [0.25, 0.3) is 10.9 Å². The minimum Gasteiger partial charge on any atom is -0.481 e. The number of carboxylic acid groups (broad SMARTS) is 2. The van der Waals surface area contributed by atoms with Crippen LogP contribution in [-0.2, 0) is 54.4 Å².